The molecule has 0 aliphatic carbocycles. The van der Waals surface area contributed by atoms with E-state index in [9.17, 15) is 25.0 Å². The molecule has 0 aliphatic rings. The number of non-ortho nitro benzene ring substituents is 1. The van der Waals surface area contributed by atoms with Gasteiger partial charge < -0.3 is 5.32 Å². The van der Waals surface area contributed by atoms with Crippen molar-refractivity contribution in [3.05, 3.63) is 73.3 Å². The molecule has 2 aromatic rings. The van der Waals surface area contributed by atoms with E-state index in [1.54, 1.807) is 18.2 Å². The number of rotatable bonds is 4. The predicted octanol–water partition coefficient (Wildman–Crippen LogP) is 3.37. The number of nitrogens with zero attached hydrogens (tertiary/aromatic N) is 2. The van der Waals surface area contributed by atoms with Gasteiger partial charge in [0.25, 0.3) is 17.3 Å². The average molecular weight is 315 g/mol. The summed E-state index contributed by atoms with van der Waals surface area (Å²) in [6.07, 6.45) is 0. The van der Waals surface area contributed by atoms with Crippen LogP contribution in [0.2, 0.25) is 0 Å². The third kappa shape index (κ3) is 3.49. The first-order chi connectivity index (χ1) is 10.8. The predicted molar refractivity (Wildman–Crippen MR) is 83.6 cm³/mol. The van der Waals surface area contributed by atoms with Crippen LogP contribution in [0.4, 0.5) is 17.1 Å². The van der Waals surface area contributed by atoms with Crippen molar-refractivity contribution in [2.24, 2.45) is 0 Å². The van der Waals surface area contributed by atoms with Gasteiger partial charge in [0.1, 0.15) is 0 Å². The van der Waals surface area contributed by atoms with Crippen LogP contribution in [0.15, 0.2) is 36.4 Å². The molecule has 2 aromatic carbocycles. The van der Waals surface area contributed by atoms with Crippen LogP contribution in [0.1, 0.15) is 21.5 Å². The van der Waals surface area contributed by atoms with Gasteiger partial charge >= 0.3 is 0 Å². The Bertz CT molecular complexity index is 817. The molecule has 118 valence electrons. The van der Waals surface area contributed by atoms with E-state index in [0.29, 0.717) is 5.69 Å². The van der Waals surface area contributed by atoms with Crippen LogP contribution in [0, 0.1) is 34.1 Å². The zero-order valence-corrected chi connectivity index (χ0v) is 12.4. The number of amides is 1. The highest BCUT2D eigenvalue weighted by Crippen LogP contribution is 2.28. The Kier molecular flexibility index (Phi) is 4.35. The van der Waals surface area contributed by atoms with Gasteiger partial charge in [-0.05, 0) is 31.5 Å². The van der Waals surface area contributed by atoms with E-state index in [2.05, 4.69) is 5.32 Å². The molecule has 0 spiro atoms. The molecule has 0 saturated heterocycles. The average Bonchev–Trinajstić information content (AvgIpc) is 2.46. The fourth-order valence-electron chi connectivity index (χ4n) is 2.14. The van der Waals surface area contributed by atoms with Crippen LogP contribution < -0.4 is 5.32 Å². The highest BCUT2D eigenvalue weighted by molar-refractivity contribution is 6.06. The van der Waals surface area contributed by atoms with Gasteiger partial charge in [-0.1, -0.05) is 12.1 Å². The standard InChI is InChI=1S/C15H13N3O5/c1-9-4-3-5-11(6-9)16-15(19)13-7-12(17(20)21)8-14(10(13)2)18(22)23/h3-8H,1-2H3,(H,16,19). The number of benzene rings is 2. The monoisotopic (exact) mass is 315 g/mol. The molecule has 1 amide bonds. The Hall–Kier alpha value is -3.29. The molecule has 0 aromatic heterocycles. The SMILES string of the molecule is Cc1cccc(NC(=O)c2cc([N+](=O)[O-])cc([N+](=O)[O-])c2C)c1. The van der Waals surface area contributed by atoms with Gasteiger partial charge in [0.05, 0.1) is 21.5 Å². The molecular formula is C15H13N3O5. The van der Waals surface area contributed by atoms with Crippen molar-refractivity contribution in [3.63, 3.8) is 0 Å². The number of nitro groups is 2. The van der Waals surface area contributed by atoms with Crippen molar-refractivity contribution < 1.29 is 14.6 Å². The maximum atomic E-state index is 12.3. The maximum Gasteiger partial charge on any atom is 0.279 e. The van der Waals surface area contributed by atoms with Crippen LogP contribution in [-0.2, 0) is 0 Å². The quantitative estimate of drug-likeness (QED) is 0.686. The fourth-order valence-corrected chi connectivity index (χ4v) is 2.14. The molecule has 8 heteroatoms. The number of carbonyl (C=O) groups excluding carboxylic acids is 1. The van der Waals surface area contributed by atoms with E-state index in [-0.39, 0.29) is 11.1 Å². The molecule has 0 saturated carbocycles. The first-order valence-electron chi connectivity index (χ1n) is 6.61. The maximum absolute atomic E-state index is 12.3. The van der Waals surface area contributed by atoms with E-state index in [1.165, 1.54) is 6.92 Å². The molecule has 0 aliphatic heterocycles. The summed E-state index contributed by atoms with van der Waals surface area (Å²) in [5.74, 6) is -0.639. The molecule has 0 fully saturated rings. The Morgan fingerprint density at radius 1 is 1.04 bits per heavy atom. The lowest BCUT2D eigenvalue weighted by molar-refractivity contribution is -0.394. The third-order valence-electron chi connectivity index (χ3n) is 3.29. The van der Waals surface area contributed by atoms with E-state index in [1.807, 2.05) is 13.0 Å². The van der Waals surface area contributed by atoms with E-state index < -0.39 is 27.1 Å². The van der Waals surface area contributed by atoms with Crippen molar-refractivity contribution >= 4 is 23.0 Å². The molecule has 23 heavy (non-hydrogen) atoms. The second-order valence-electron chi connectivity index (χ2n) is 4.98. The topological polar surface area (TPSA) is 115 Å². The lowest BCUT2D eigenvalue weighted by Gasteiger charge is -2.09. The van der Waals surface area contributed by atoms with Gasteiger partial charge in [0, 0.05) is 17.3 Å². The van der Waals surface area contributed by atoms with Gasteiger partial charge in [0.2, 0.25) is 0 Å². The normalized spacial score (nSPS) is 10.2. The number of carbonyl (C=O) groups is 1. The molecule has 0 bridgehead atoms. The van der Waals surface area contributed by atoms with Crippen molar-refractivity contribution in [3.8, 4) is 0 Å². The van der Waals surface area contributed by atoms with Gasteiger partial charge in [-0.3, -0.25) is 25.0 Å². The Balaban J connectivity index is 2.46. The summed E-state index contributed by atoms with van der Waals surface area (Å²) >= 11 is 0. The summed E-state index contributed by atoms with van der Waals surface area (Å²) in [4.78, 5) is 32.8. The van der Waals surface area contributed by atoms with E-state index in [0.717, 1.165) is 17.7 Å². The smallest absolute Gasteiger partial charge is 0.279 e. The molecular weight excluding hydrogens is 302 g/mol. The largest absolute Gasteiger partial charge is 0.322 e. The summed E-state index contributed by atoms with van der Waals surface area (Å²) in [5, 5.41) is 24.5. The molecule has 0 unspecified atom stereocenters. The zero-order chi connectivity index (χ0) is 17.1. The van der Waals surface area contributed by atoms with Gasteiger partial charge in [-0.15, -0.1) is 0 Å². The second kappa shape index (κ2) is 6.22. The minimum Gasteiger partial charge on any atom is -0.322 e. The molecule has 2 rings (SSSR count). The highest BCUT2D eigenvalue weighted by Gasteiger charge is 2.24. The van der Waals surface area contributed by atoms with Crippen LogP contribution in [-0.4, -0.2) is 15.8 Å². The minimum absolute atomic E-state index is 0.0748. The zero-order valence-electron chi connectivity index (χ0n) is 12.4. The van der Waals surface area contributed by atoms with Gasteiger partial charge in [0.15, 0.2) is 0 Å². The van der Waals surface area contributed by atoms with E-state index >= 15 is 0 Å². The molecule has 0 radical (unpaired) electrons. The Morgan fingerprint density at radius 2 is 1.74 bits per heavy atom. The Labute approximate surface area is 131 Å². The highest BCUT2D eigenvalue weighted by atomic mass is 16.6. The number of nitro benzene ring substituents is 2. The first kappa shape index (κ1) is 16.1. The van der Waals surface area contributed by atoms with Crippen LogP contribution in [0.5, 0.6) is 0 Å². The number of aryl methyl sites for hydroxylation is 1. The van der Waals surface area contributed by atoms with E-state index in [4.69, 9.17) is 0 Å². The number of anilines is 1. The molecule has 8 nitrogen and oxygen atoms in total. The van der Waals surface area contributed by atoms with Crippen LogP contribution >= 0.6 is 0 Å². The first-order valence-corrected chi connectivity index (χ1v) is 6.61. The van der Waals surface area contributed by atoms with Gasteiger partial charge in [-0.2, -0.15) is 0 Å². The fraction of sp³-hybridized carbons (Fsp3) is 0.133. The van der Waals surface area contributed by atoms with Crippen LogP contribution in [0.25, 0.3) is 0 Å². The summed E-state index contributed by atoms with van der Waals surface area (Å²) in [7, 11) is 0. The van der Waals surface area contributed by atoms with Crippen molar-refractivity contribution in [1.82, 2.24) is 0 Å². The Morgan fingerprint density at radius 3 is 2.30 bits per heavy atom. The summed E-state index contributed by atoms with van der Waals surface area (Å²) < 4.78 is 0. The summed E-state index contributed by atoms with van der Waals surface area (Å²) in [6.45, 7) is 3.23. The van der Waals surface area contributed by atoms with Gasteiger partial charge in [-0.25, -0.2) is 0 Å². The van der Waals surface area contributed by atoms with Crippen molar-refractivity contribution in [2.75, 3.05) is 5.32 Å². The molecule has 1 N–H and O–H groups in total. The van der Waals surface area contributed by atoms with Crippen LogP contribution in [0.3, 0.4) is 0 Å². The third-order valence-corrected chi connectivity index (χ3v) is 3.29. The minimum atomic E-state index is -0.768. The second-order valence-corrected chi connectivity index (χ2v) is 4.98. The summed E-state index contributed by atoms with van der Waals surface area (Å²) in [6, 6.07) is 8.85. The van der Waals surface area contributed by atoms with Crippen molar-refractivity contribution in [2.45, 2.75) is 13.8 Å². The lowest BCUT2D eigenvalue weighted by atomic mass is 10.0. The number of hydrogen-bond donors (Lipinski definition) is 1. The summed E-state index contributed by atoms with van der Waals surface area (Å²) in [5.41, 5.74) is 0.427. The molecule has 0 heterocycles. The molecule has 0 atom stereocenters. The number of nitrogens with one attached hydrogen (secondary N) is 1. The lowest BCUT2D eigenvalue weighted by Crippen LogP contribution is -2.14. The number of hydrogen-bond acceptors (Lipinski definition) is 5. The van der Waals surface area contributed by atoms with Crippen molar-refractivity contribution in [1.29, 1.82) is 0 Å².